The van der Waals surface area contributed by atoms with Gasteiger partial charge in [-0.25, -0.2) is 12.6 Å². The lowest BCUT2D eigenvalue weighted by Gasteiger charge is -2.07. The average Bonchev–Trinajstić information content (AvgIpc) is 2.25. The molecular formula is C8H9O5PS. The Balaban J connectivity index is 2.44. The standard InChI is InChI=1S/C8H9O5PS/c9-14-8(13-15(10)11)12-6-7-4-2-1-3-5-7/h1-5,8,15H,6H2. The SMILES string of the molecule is O=PC(OCc1ccccc1)O[SH](=O)=O. The summed E-state index contributed by atoms with van der Waals surface area (Å²) in [6, 6.07) is 7.81. The van der Waals surface area contributed by atoms with Gasteiger partial charge in [-0.3, -0.25) is 4.57 Å². The Kier molecular flexibility index (Phi) is 5.42. The van der Waals surface area contributed by atoms with Crippen LogP contribution < -0.4 is 0 Å². The van der Waals surface area contributed by atoms with Crippen molar-refractivity contribution in [3.8, 4) is 0 Å². The van der Waals surface area contributed by atoms with Crippen molar-refractivity contribution in [1.29, 1.82) is 0 Å². The molecule has 1 atom stereocenters. The van der Waals surface area contributed by atoms with Gasteiger partial charge in [-0.15, -0.1) is 0 Å². The lowest BCUT2D eigenvalue weighted by molar-refractivity contribution is -0.0221. The molecule has 0 N–H and O–H groups in total. The van der Waals surface area contributed by atoms with E-state index in [0.717, 1.165) is 5.56 Å². The fourth-order valence-corrected chi connectivity index (χ4v) is 1.62. The summed E-state index contributed by atoms with van der Waals surface area (Å²) in [4.78, 5) is 0. The van der Waals surface area contributed by atoms with Crippen molar-refractivity contribution < 1.29 is 21.9 Å². The van der Waals surface area contributed by atoms with Gasteiger partial charge in [0.1, 0.15) is 0 Å². The van der Waals surface area contributed by atoms with E-state index < -0.39 is 25.5 Å². The van der Waals surface area contributed by atoms with Gasteiger partial charge in [-0.05, 0) is 5.56 Å². The quantitative estimate of drug-likeness (QED) is 0.467. The average molecular weight is 248 g/mol. The molecule has 1 aromatic rings. The summed E-state index contributed by atoms with van der Waals surface area (Å²) in [6.45, 7) is 0.143. The smallest absolute Gasteiger partial charge is 0.260 e. The molecule has 0 saturated heterocycles. The maximum Gasteiger partial charge on any atom is 0.260 e. The third kappa shape index (κ3) is 4.99. The number of thiol groups is 1. The second-order valence-electron chi connectivity index (χ2n) is 2.54. The van der Waals surface area contributed by atoms with Crippen molar-refractivity contribution in [1.82, 2.24) is 0 Å². The van der Waals surface area contributed by atoms with E-state index in [9.17, 15) is 13.0 Å². The molecule has 0 aliphatic heterocycles. The van der Waals surface area contributed by atoms with Gasteiger partial charge in [0.2, 0.25) is 8.46 Å². The Morgan fingerprint density at radius 1 is 1.27 bits per heavy atom. The molecule has 1 unspecified atom stereocenters. The highest BCUT2D eigenvalue weighted by atomic mass is 32.2. The molecule has 1 rings (SSSR count). The van der Waals surface area contributed by atoms with Crippen molar-refractivity contribution >= 4 is 19.4 Å². The number of rotatable bonds is 6. The zero-order valence-corrected chi connectivity index (χ0v) is 9.40. The van der Waals surface area contributed by atoms with Crippen LogP contribution in [0.2, 0.25) is 0 Å². The first-order valence-electron chi connectivity index (χ1n) is 4.01. The van der Waals surface area contributed by atoms with E-state index in [4.69, 9.17) is 4.74 Å². The summed E-state index contributed by atoms with van der Waals surface area (Å²) in [5.41, 5.74) is 0.843. The van der Waals surface area contributed by atoms with Gasteiger partial charge >= 0.3 is 0 Å². The molecule has 0 radical (unpaired) electrons. The van der Waals surface area contributed by atoms with Gasteiger partial charge in [0.25, 0.3) is 17.0 Å². The number of benzene rings is 1. The number of ether oxygens (including phenoxy) is 1. The van der Waals surface area contributed by atoms with Gasteiger partial charge in [0.05, 0.1) is 6.61 Å². The molecule has 0 spiro atoms. The van der Waals surface area contributed by atoms with E-state index in [0.29, 0.717) is 0 Å². The fraction of sp³-hybridized carbons (Fsp3) is 0.250. The molecule has 0 aliphatic rings. The first-order chi connectivity index (χ1) is 7.22. The summed E-state index contributed by atoms with van der Waals surface area (Å²) in [7, 11) is -3.58. The number of hydrogen-bond donors (Lipinski definition) is 1. The molecule has 0 bridgehead atoms. The molecule has 1 aromatic carbocycles. The minimum Gasteiger partial charge on any atom is -0.337 e. The van der Waals surface area contributed by atoms with Crippen LogP contribution in [0, 0.1) is 0 Å². The van der Waals surface area contributed by atoms with Crippen molar-refractivity contribution in [3.63, 3.8) is 0 Å². The topological polar surface area (TPSA) is 69.7 Å². The normalized spacial score (nSPS) is 13.1. The monoisotopic (exact) mass is 248 g/mol. The van der Waals surface area contributed by atoms with Crippen LogP contribution in [-0.4, -0.2) is 14.4 Å². The van der Waals surface area contributed by atoms with Crippen LogP contribution in [0.4, 0.5) is 0 Å². The molecule has 7 heteroatoms. The van der Waals surface area contributed by atoms with E-state index in [1.165, 1.54) is 0 Å². The number of hydrogen-bond acceptors (Lipinski definition) is 5. The molecule has 0 saturated carbocycles. The lowest BCUT2D eigenvalue weighted by Crippen LogP contribution is -2.09. The predicted octanol–water partition coefficient (Wildman–Crippen LogP) is 1.32. The Bertz CT molecular complexity index is 370. The zero-order valence-electron chi connectivity index (χ0n) is 7.61. The van der Waals surface area contributed by atoms with Crippen LogP contribution in [0.25, 0.3) is 0 Å². The summed E-state index contributed by atoms with van der Waals surface area (Å²) in [5, 5.41) is 0. The Morgan fingerprint density at radius 3 is 2.47 bits per heavy atom. The van der Waals surface area contributed by atoms with Crippen molar-refractivity contribution in [2.24, 2.45) is 0 Å². The molecular weight excluding hydrogens is 239 g/mol. The van der Waals surface area contributed by atoms with Crippen LogP contribution in [0.3, 0.4) is 0 Å². The largest absolute Gasteiger partial charge is 0.337 e. The molecule has 0 heterocycles. The van der Waals surface area contributed by atoms with E-state index in [2.05, 4.69) is 4.18 Å². The molecule has 5 nitrogen and oxygen atoms in total. The molecule has 15 heavy (non-hydrogen) atoms. The molecule has 82 valence electrons. The highest BCUT2D eigenvalue weighted by molar-refractivity contribution is 7.67. The van der Waals surface area contributed by atoms with Gasteiger partial charge < -0.3 is 4.74 Å². The summed E-state index contributed by atoms with van der Waals surface area (Å²) in [5.74, 6) is 0. The van der Waals surface area contributed by atoms with E-state index in [1.54, 1.807) is 12.1 Å². The summed E-state index contributed by atoms with van der Waals surface area (Å²) >= 11 is 0. The summed E-state index contributed by atoms with van der Waals surface area (Å²) in [6.07, 6.45) is 0. The third-order valence-corrected chi connectivity index (χ3v) is 2.45. The van der Waals surface area contributed by atoms with Gasteiger partial charge in [-0.2, -0.15) is 0 Å². The van der Waals surface area contributed by atoms with Crippen molar-refractivity contribution in [3.05, 3.63) is 35.9 Å². The molecule has 0 aromatic heterocycles. The maximum atomic E-state index is 10.4. The van der Waals surface area contributed by atoms with Crippen LogP contribution >= 0.6 is 8.46 Å². The van der Waals surface area contributed by atoms with Crippen molar-refractivity contribution in [2.45, 2.75) is 12.6 Å². The van der Waals surface area contributed by atoms with E-state index in [1.807, 2.05) is 18.2 Å². The van der Waals surface area contributed by atoms with Gasteiger partial charge in [0.15, 0.2) is 0 Å². The minimum absolute atomic E-state index is 0.143. The first-order valence-corrected chi connectivity index (χ1v) is 5.99. The summed E-state index contributed by atoms with van der Waals surface area (Å²) < 4.78 is 40.0. The second kappa shape index (κ2) is 6.63. The van der Waals surface area contributed by atoms with Gasteiger partial charge in [-0.1, -0.05) is 30.3 Å². The van der Waals surface area contributed by atoms with Crippen molar-refractivity contribution in [2.75, 3.05) is 0 Å². The fourth-order valence-electron chi connectivity index (χ4n) is 0.895. The van der Waals surface area contributed by atoms with Crippen LogP contribution in [0.5, 0.6) is 0 Å². The minimum atomic E-state index is -3.06. The highest BCUT2D eigenvalue weighted by Gasteiger charge is 2.10. The lowest BCUT2D eigenvalue weighted by atomic mass is 10.2. The Labute approximate surface area is 90.4 Å². The highest BCUT2D eigenvalue weighted by Crippen LogP contribution is 2.13. The molecule has 0 fully saturated rings. The zero-order chi connectivity index (χ0) is 11.1. The second-order valence-corrected chi connectivity index (χ2v) is 3.83. The van der Waals surface area contributed by atoms with E-state index >= 15 is 0 Å². The van der Waals surface area contributed by atoms with E-state index in [-0.39, 0.29) is 6.61 Å². The first kappa shape index (κ1) is 12.3. The molecule has 0 aliphatic carbocycles. The molecule has 0 amide bonds. The van der Waals surface area contributed by atoms with Crippen LogP contribution in [0.15, 0.2) is 30.3 Å². The third-order valence-electron chi connectivity index (χ3n) is 1.50. The van der Waals surface area contributed by atoms with Crippen LogP contribution in [0.1, 0.15) is 5.56 Å². The van der Waals surface area contributed by atoms with Gasteiger partial charge in [0, 0.05) is 0 Å². The predicted molar refractivity (Wildman–Crippen MR) is 54.0 cm³/mol. The van der Waals surface area contributed by atoms with Crippen LogP contribution in [-0.2, 0) is 31.1 Å². The maximum absolute atomic E-state index is 10.4. The Hall–Kier alpha value is -0.810. The Morgan fingerprint density at radius 2 is 1.93 bits per heavy atom.